The van der Waals surface area contributed by atoms with Gasteiger partial charge >= 0.3 is 0 Å². The Labute approximate surface area is 316 Å². The van der Waals surface area contributed by atoms with Crippen LogP contribution in [0, 0.1) is 10.8 Å². The highest BCUT2D eigenvalue weighted by Crippen LogP contribution is 2.11. The molecule has 0 heterocycles. The molecule has 0 aliphatic carbocycles. The van der Waals surface area contributed by atoms with Gasteiger partial charge in [-0.15, -0.1) is 0 Å². The molecule has 53 heavy (non-hydrogen) atoms. The Bertz CT molecular complexity index is 1290. The van der Waals surface area contributed by atoms with E-state index >= 15 is 0 Å². The maximum absolute atomic E-state index is 12.5. The Morgan fingerprint density at radius 2 is 1.04 bits per heavy atom. The molecule has 2 amide bonds. The first-order valence-corrected chi connectivity index (χ1v) is 19.2. The van der Waals surface area contributed by atoms with E-state index in [0.29, 0.717) is 67.9 Å². The van der Waals surface area contributed by atoms with E-state index in [4.69, 9.17) is 27.0 Å². The maximum Gasteiger partial charge on any atom is 0.236 e. The molecular formula is C41H63N7O5. The fourth-order valence-electron chi connectivity index (χ4n) is 5.88. The zero-order valence-corrected chi connectivity index (χ0v) is 31.7. The quantitative estimate of drug-likeness (QED) is 0.0349. The number of Topliss-reactive ketones (excluding diaryl/α,β-unsaturated/α-hetero) is 2. The first kappa shape index (κ1) is 45.1. The van der Waals surface area contributed by atoms with E-state index in [1.165, 1.54) is 0 Å². The lowest BCUT2D eigenvalue weighted by Crippen LogP contribution is -2.42. The van der Waals surface area contributed by atoms with Crippen molar-refractivity contribution in [3.05, 3.63) is 71.8 Å². The number of nitrogens with zero attached hydrogens (tertiary/aromatic N) is 1. The van der Waals surface area contributed by atoms with Crippen LogP contribution in [0.2, 0.25) is 0 Å². The minimum Gasteiger partial charge on any atom is -0.383 e. The normalized spacial score (nSPS) is 12.2. The van der Waals surface area contributed by atoms with Crippen LogP contribution in [0.25, 0.3) is 0 Å². The van der Waals surface area contributed by atoms with Gasteiger partial charge in [0, 0.05) is 62.1 Å². The highest BCUT2D eigenvalue weighted by molar-refractivity contribution is 6.09. The van der Waals surface area contributed by atoms with Crippen molar-refractivity contribution in [2.24, 2.45) is 11.5 Å². The van der Waals surface area contributed by atoms with Crippen LogP contribution in [0.5, 0.6) is 0 Å². The Morgan fingerprint density at radius 3 is 1.43 bits per heavy atom. The van der Waals surface area contributed by atoms with Gasteiger partial charge in [-0.25, -0.2) is 0 Å². The van der Waals surface area contributed by atoms with Crippen molar-refractivity contribution in [2.75, 3.05) is 46.4 Å². The fraction of sp³-hybridized carbons (Fsp3) is 0.561. The molecule has 0 fully saturated rings. The van der Waals surface area contributed by atoms with Crippen LogP contribution >= 0.6 is 0 Å². The Hall–Kier alpha value is -4.10. The monoisotopic (exact) mass is 733 g/mol. The molecule has 0 bridgehead atoms. The molecule has 8 N–H and O–H groups in total. The minimum atomic E-state index is -0.578. The highest BCUT2D eigenvalue weighted by Gasteiger charge is 2.15. The average molecular weight is 734 g/mol. The molecule has 12 heteroatoms. The number of carbonyl (C=O) groups is 4. The van der Waals surface area contributed by atoms with Crippen LogP contribution in [0.15, 0.2) is 60.7 Å². The minimum absolute atomic E-state index is 0.0356. The second-order valence-corrected chi connectivity index (χ2v) is 13.7. The van der Waals surface area contributed by atoms with E-state index in [2.05, 4.69) is 15.5 Å². The summed E-state index contributed by atoms with van der Waals surface area (Å²) in [6.07, 6.45) is 8.90. The summed E-state index contributed by atoms with van der Waals surface area (Å²) in [7, 11) is 1.66. The van der Waals surface area contributed by atoms with Crippen LogP contribution in [-0.4, -0.2) is 98.2 Å². The molecule has 2 atom stereocenters. The number of ether oxygens (including phenoxy) is 1. The van der Waals surface area contributed by atoms with Crippen molar-refractivity contribution in [1.29, 1.82) is 10.8 Å². The van der Waals surface area contributed by atoms with Gasteiger partial charge in [-0.1, -0.05) is 86.3 Å². The summed E-state index contributed by atoms with van der Waals surface area (Å²) in [5.41, 5.74) is 14.4. The van der Waals surface area contributed by atoms with Gasteiger partial charge in [0.15, 0.2) is 11.6 Å². The highest BCUT2D eigenvalue weighted by atomic mass is 16.5. The van der Waals surface area contributed by atoms with Crippen molar-refractivity contribution in [3.8, 4) is 0 Å². The standard InChI is InChI=1S/C41H63N7O5/c1-53-29-28-48(26-14-24-46-40(51)36(44)22-12-4-10-20-34(42)30-38(49)32-16-6-2-7-17-32)27-15-25-47-41(52)37(45)23-13-5-11-21-35(43)31-39(50)33-18-8-3-9-19-33/h2-3,6-9,16-19,36-37,42-43H,4-5,10-15,20-31,44-45H2,1H3,(H,46,51)(H,47,52)/t36-,37-/m0/s1. The molecule has 0 unspecified atom stereocenters. The molecule has 0 saturated heterocycles. The number of nitrogens with two attached hydrogens (primary N) is 2. The van der Waals surface area contributed by atoms with Crippen LogP contribution in [0.4, 0.5) is 0 Å². The molecule has 12 nitrogen and oxygen atoms in total. The largest absolute Gasteiger partial charge is 0.383 e. The molecule has 292 valence electrons. The number of amides is 2. The molecule has 2 aromatic carbocycles. The second-order valence-electron chi connectivity index (χ2n) is 13.7. The van der Waals surface area contributed by atoms with Gasteiger partial charge < -0.3 is 42.6 Å². The van der Waals surface area contributed by atoms with E-state index in [0.717, 1.165) is 71.0 Å². The predicted octanol–water partition coefficient (Wildman–Crippen LogP) is 5.09. The van der Waals surface area contributed by atoms with Crippen LogP contribution in [0.1, 0.15) is 111 Å². The van der Waals surface area contributed by atoms with Crippen molar-refractivity contribution in [1.82, 2.24) is 15.5 Å². The summed E-state index contributed by atoms with van der Waals surface area (Å²) in [5, 5.41) is 22.1. The van der Waals surface area contributed by atoms with Crippen LogP contribution in [-0.2, 0) is 14.3 Å². The topological polar surface area (TPSA) is 205 Å². The third-order valence-electron chi connectivity index (χ3n) is 9.11. The predicted molar refractivity (Wildman–Crippen MR) is 212 cm³/mol. The van der Waals surface area contributed by atoms with E-state index < -0.39 is 12.1 Å². The summed E-state index contributed by atoms with van der Waals surface area (Å²) >= 11 is 0. The van der Waals surface area contributed by atoms with Gasteiger partial charge in [-0.3, -0.25) is 19.2 Å². The van der Waals surface area contributed by atoms with Gasteiger partial charge in [0.05, 0.1) is 18.7 Å². The lowest BCUT2D eigenvalue weighted by Gasteiger charge is -2.22. The van der Waals surface area contributed by atoms with Gasteiger partial charge in [0.1, 0.15) is 0 Å². The third kappa shape index (κ3) is 20.7. The Kier molecular flexibility index (Phi) is 23.4. The summed E-state index contributed by atoms with van der Waals surface area (Å²) < 4.78 is 5.26. The molecule has 0 aromatic heterocycles. The molecule has 0 aliphatic rings. The smallest absolute Gasteiger partial charge is 0.236 e. The van der Waals surface area contributed by atoms with Crippen molar-refractivity contribution >= 4 is 34.8 Å². The van der Waals surface area contributed by atoms with Crippen LogP contribution in [0.3, 0.4) is 0 Å². The number of hydrogen-bond acceptors (Lipinski definition) is 10. The van der Waals surface area contributed by atoms with E-state index in [9.17, 15) is 19.2 Å². The first-order valence-electron chi connectivity index (χ1n) is 19.2. The molecule has 0 saturated carbocycles. The van der Waals surface area contributed by atoms with E-state index in [-0.39, 0.29) is 36.2 Å². The first-order chi connectivity index (χ1) is 25.6. The molecule has 0 aliphatic heterocycles. The number of carbonyl (C=O) groups excluding carboxylic acids is 4. The fourth-order valence-corrected chi connectivity index (χ4v) is 5.88. The number of unbranched alkanes of at least 4 members (excludes halogenated alkanes) is 4. The summed E-state index contributed by atoms with van der Waals surface area (Å²) in [4.78, 5) is 51.8. The Balaban J connectivity index is 1.51. The zero-order chi connectivity index (χ0) is 38.7. The number of benzene rings is 2. The Morgan fingerprint density at radius 1 is 0.623 bits per heavy atom. The van der Waals surface area contributed by atoms with Gasteiger partial charge in [0.25, 0.3) is 0 Å². The summed E-state index contributed by atoms with van der Waals surface area (Å²) in [6, 6.07) is 16.9. The van der Waals surface area contributed by atoms with E-state index in [1.54, 1.807) is 31.4 Å². The maximum atomic E-state index is 12.5. The molecule has 2 aromatic rings. The lowest BCUT2D eigenvalue weighted by atomic mass is 10.0. The summed E-state index contributed by atoms with van der Waals surface area (Å²) in [6.45, 7) is 3.89. The average Bonchev–Trinajstić information content (AvgIpc) is 3.16. The SMILES string of the molecule is COCCN(CCCNC(=O)[C@@H](N)CCCCCC(=N)CC(=O)c1ccccc1)CCCNC(=O)[C@@H](N)CCCCCC(=N)CC(=O)c1ccccc1. The number of rotatable bonds is 31. The van der Waals surface area contributed by atoms with Crippen molar-refractivity contribution < 1.29 is 23.9 Å². The zero-order valence-electron chi connectivity index (χ0n) is 31.7. The van der Waals surface area contributed by atoms with Gasteiger partial charge in [0.2, 0.25) is 11.8 Å². The second kappa shape index (κ2) is 27.5. The molecule has 0 spiro atoms. The number of nitrogens with one attached hydrogen (secondary N) is 4. The molecular weight excluding hydrogens is 670 g/mol. The van der Waals surface area contributed by atoms with Gasteiger partial charge in [-0.2, -0.15) is 0 Å². The van der Waals surface area contributed by atoms with E-state index in [1.807, 2.05) is 36.4 Å². The third-order valence-corrected chi connectivity index (χ3v) is 9.11. The summed E-state index contributed by atoms with van der Waals surface area (Å²) in [5.74, 6) is -0.398. The van der Waals surface area contributed by atoms with Crippen molar-refractivity contribution in [2.45, 2.75) is 102 Å². The molecule has 0 radical (unpaired) electrons. The molecule has 2 rings (SSSR count). The van der Waals surface area contributed by atoms with Crippen molar-refractivity contribution in [3.63, 3.8) is 0 Å². The number of methoxy groups -OCH3 is 1. The number of hydrogen-bond donors (Lipinski definition) is 6. The lowest BCUT2D eigenvalue weighted by molar-refractivity contribution is -0.123. The van der Waals surface area contributed by atoms with Crippen LogP contribution < -0.4 is 22.1 Å². The van der Waals surface area contributed by atoms with Gasteiger partial charge in [-0.05, 0) is 64.5 Å². The number of ketones is 2.